The average Bonchev–Trinajstić information content (AvgIpc) is 3.11. The van der Waals surface area contributed by atoms with Crippen molar-refractivity contribution in [2.45, 2.75) is 39.3 Å². The lowest BCUT2D eigenvalue weighted by Crippen LogP contribution is -2.61. The van der Waals surface area contributed by atoms with Gasteiger partial charge in [-0.25, -0.2) is 19.2 Å². The third kappa shape index (κ3) is 12.6. The minimum atomic E-state index is -2.15. The van der Waals surface area contributed by atoms with E-state index in [0.29, 0.717) is 0 Å². The predicted molar refractivity (Wildman–Crippen MR) is 182 cm³/mol. The zero-order valence-corrected chi connectivity index (χ0v) is 29.9. The first-order valence-corrected chi connectivity index (χ1v) is 16.0. The van der Waals surface area contributed by atoms with Crippen LogP contribution in [0.3, 0.4) is 0 Å². The normalized spacial score (nSPS) is 11.2. The van der Waals surface area contributed by atoms with Crippen LogP contribution in [0.25, 0.3) is 0 Å². The highest BCUT2D eigenvalue weighted by molar-refractivity contribution is 5.95. The Labute approximate surface area is 308 Å². The molecule has 0 saturated carbocycles. The quantitative estimate of drug-likeness (QED) is 0.119. The monoisotopic (exact) mass is 751 g/mol. The van der Waals surface area contributed by atoms with Gasteiger partial charge in [-0.2, -0.15) is 0 Å². The minimum absolute atomic E-state index is 0.162. The van der Waals surface area contributed by atoms with Crippen LogP contribution < -0.4 is 19.5 Å². The summed E-state index contributed by atoms with van der Waals surface area (Å²) in [4.78, 5) is 101. The number of carbonyl (C=O) groups is 8. The van der Waals surface area contributed by atoms with E-state index in [1.165, 1.54) is 86.8 Å². The van der Waals surface area contributed by atoms with Gasteiger partial charge in [0.15, 0.2) is 6.10 Å². The minimum Gasteiger partial charge on any atom is -0.459 e. The second-order valence-corrected chi connectivity index (χ2v) is 11.3. The number of hydrogen-bond acceptors (Lipinski definition) is 16. The lowest BCUT2D eigenvalue weighted by Gasteiger charge is -2.34. The van der Waals surface area contributed by atoms with E-state index in [-0.39, 0.29) is 33.9 Å². The number of hydrogen-bond donors (Lipinski definition) is 1. The number of carbonyl (C=O) groups excluding carboxylic acids is 8. The SMILES string of the molecule is COCC(=O)OC(C)C(=O)NC(COC(=O)c1ccccc1OC(C)=O)(COC(=O)c1ccccc1OC(C)=O)COC(=O)c1ccccc1OC(C)=O. The molecule has 0 aliphatic carbocycles. The van der Waals surface area contributed by atoms with E-state index < -0.39 is 85.8 Å². The van der Waals surface area contributed by atoms with Crippen molar-refractivity contribution in [3.05, 3.63) is 89.5 Å². The van der Waals surface area contributed by atoms with E-state index in [1.807, 2.05) is 0 Å². The van der Waals surface area contributed by atoms with Crippen molar-refractivity contribution in [3.63, 3.8) is 0 Å². The Balaban J connectivity index is 2.06. The molecule has 3 rings (SSSR count). The number of amides is 1. The molecule has 0 fully saturated rings. The fourth-order valence-corrected chi connectivity index (χ4v) is 4.48. The van der Waals surface area contributed by atoms with Gasteiger partial charge in [0.2, 0.25) is 0 Å². The maximum absolute atomic E-state index is 13.5. The van der Waals surface area contributed by atoms with Gasteiger partial charge in [0.05, 0.1) is 0 Å². The van der Waals surface area contributed by atoms with Crippen molar-refractivity contribution in [1.29, 1.82) is 0 Å². The van der Waals surface area contributed by atoms with Crippen LogP contribution in [0.4, 0.5) is 0 Å². The van der Waals surface area contributed by atoms with Crippen molar-refractivity contribution in [2.24, 2.45) is 0 Å². The fourth-order valence-electron chi connectivity index (χ4n) is 4.48. The molecule has 1 atom stereocenters. The summed E-state index contributed by atoms with van der Waals surface area (Å²) in [5.41, 5.74) is -2.79. The molecule has 0 radical (unpaired) electrons. The molecule has 17 heteroatoms. The molecule has 1 unspecified atom stereocenters. The van der Waals surface area contributed by atoms with E-state index in [0.717, 1.165) is 20.8 Å². The van der Waals surface area contributed by atoms with Gasteiger partial charge in [0.25, 0.3) is 5.91 Å². The predicted octanol–water partition coefficient (Wildman–Crippen LogP) is 2.77. The summed E-state index contributed by atoms with van der Waals surface area (Å²) in [6, 6.07) is 16.7. The summed E-state index contributed by atoms with van der Waals surface area (Å²) in [6.07, 6.45) is -1.52. The molecular weight excluding hydrogens is 714 g/mol. The highest BCUT2D eigenvalue weighted by atomic mass is 16.6. The van der Waals surface area contributed by atoms with E-state index >= 15 is 0 Å². The Morgan fingerprint density at radius 3 is 1.22 bits per heavy atom. The lowest BCUT2D eigenvalue weighted by molar-refractivity contribution is -0.159. The third-order valence-electron chi connectivity index (χ3n) is 6.85. The summed E-state index contributed by atoms with van der Waals surface area (Å²) in [7, 11) is 1.23. The van der Waals surface area contributed by atoms with Gasteiger partial charge in [-0.05, 0) is 43.3 Å². The number of ether oxygens (including phenoxy) is 8. The number of para-hydroxylation sites is 3. The first kappa shape index (κ1) is 41.8. The zero-order valence-electron chi connectivity index (χ0n) is 29.9. The maximum atomic E-state index is 13.5. The van der Waals surface area contributed by atoms with E-state index in [2.05, 4.69) is 5.32 Å². The molecule has 3 aromatic carbocycles. The molecule has 17 nitrogen and oxygen atoms in total. The number of benzene rings is 3. The Morgan fingerprint density at radius 1 is 0.574 bits per heavy atom. The van der Waals surface area contributed by atoms with Crippen molar-refractivity contribution in [2.75, 3.05) is 33.5 Å². The second kappa shape index (κ2) is 19.8. The highest BCUT2D eigenvalue weighted by Crippen LogP contribution is 2.24. The smallest absolute Gasteiger partial charge is 0.342 e. The van der Waals surface area contributed by atoms with Gasteiger partial charge in [-0.1, -0.05) is 36.4 Å². The fraction of sp³-hybridized carbons (Fsp3) is 0.297. The van der Waals surface area contributed by atoms with Gasteiger partial charge < -0.3 is 43.2 Å². The molecule has 0 bridgehead atoms. The van der Waals surface area contributed by atoms with Gasteiger partial charge in [-0.15, -0.1) is 0 Å². The molecule has 1 N–H and O–H groups in total. The van der Waals surface area contributed by atoms with Crippen LogP contribution in [0.5, 0.6) is 17.2 Å². The standard InChI is InChI=1S/C37H37NO16/c1-22(51-32(42)18-47-5)33(43)38-37(19-48-34(44)26-12-6-9-15-29(26)52-23(2)39,20-49-35(45)27-13-7-10-16-30(27)53-24(3)40)21-50-36(46)28-14-8-11-17-31(28)54-25(4)41/h6-17,22H,18-21H2,1-5H3,(H,38,43). The van der Waals surface area contributed by atoms with Gasteiger partial charge in [0, 0.05) is 27.9 Å². The Hall–Kier alpha value is -6.62. The number of rotatable bonds is 17. The van der Waals surface area contributed by atoms with Gasteiger partial charge in [-0.3, -0.25) is 19.2 Å². The number of esters is 7. The van der Waals surface area contributed by atoms with Crippen molar-refractivity contribution in [3.8, 4) is 17.2 Å². The van der Waals surface area contributed by atoms with Crippen LogP contribution >= 0.6 is 0 Å². The van der Waals surface area contributed by atoms with Crippen LogP contribution in [-0.4, -0.2) is 92.9 Å². The lowest BCUT2D eigenvalue weighted by atomic mass is 10.0. The molecule has 286 valence electrons. The molecule has 0 saturated heterocycles. The molecule has 3 aromatic rings. The topological polar surface area (TPSA) is 222 Å². The summed E-state index contributed by atoms with van der Waals surface area (Å²) in [5, 5.41) is 2.49. The van der Waals surface area contributed by atoms with Crippen LogP contribution in [-0.2, 0) is 47.7 Å². The third-order valence-corrected chi connectivity index (χ3v) is 6.85. The first-order valence-electron chi connectivity index (χ1n) is 16.0. The van der Waals surface area contributed by atoms with Crippen LogP contribution in [0.2, 0.25) is 0 Å². The molecule has 0 aromatic heterocycles. The second-order valence-electron chi connectivity index (χ2n) is 11.3. The van der Waals surface area contributed by atoms with Crippen LogP contribution in [0.15, 0.2) is 72.8 Å². The van der Waals surface area contributed by atoms with Crippen LogP contribution in [0, 0.1) is 0 Å². The molecule has 0 heterocycles. The maximum Gasteiger partial charge on any atom is 0.342 e. The van der Waals surface area contributed by atoms with Crippen molar-refractivity contribution >= 4 is 47.7 Å². The Kier molecular flexibility index (Phi) is 15.4. The average molecular weight is 752 g/mol. The van der Waals surface area contributed by atoms with Crippen molar-refractivity contribution in [1.82, 2.24) is 5.32 Å². The Bertz CT molecular complexity index is 1700. The summed E-state index contributed by atoms with van der Waals surface area (Å²) < 4.78 is 41.8. The highest BCUT2D eigenvalue weighted by Gasteiger charge is 2.40. The van der Waals surface area contributed by atoms with E-state index in [1.54, 1.807) is 0 Å². The summed E-state index contributed by atoms with van der Waals surface area (Å²) >= 11 is 0. The first-order chi connectivity index (χ1) is 25.6. The zero-order chi connectivity index (χ0) is 39.8. The van der Waals surface area contributed by atoms with Gasteiger partial charge >= 0.3 is 41.8 Å². The molecule has 0 aliphatic rings. The van der Waals surface area contributed by atoms with E-state index in [9.17, 15) is 38.4 Å². The molecular formula is C37H37NO16. The van der Waals surface area contributed by atoms with Crippen molar-refractivity contribution < 1.29 is 76.3 Å². The number of methoxy groups -OCH3 is 1. The molecule has 0 spiro atoms. The summed E-state index contributed by atoms with van der Waals surface area (Å²) in [5.74, 6) is -7.89. The molecule has 0 aliphatic heterocycles. The largest absolute Gasteiger partial charge is 0.459 e. The molecule has 1 amide bonds. The van der Waals surface area contributed by atoms with Crippen LogP contribution in [0.1, 0.15) is 58.8 Å². The summed E-state index contributed by atoms with van der Waals surface area (Å²) in [6.45, 7) is 1.40. The Morgan fingerprint density at radius 2 is 0.907 bits per heavy atom. The molecule has 54 heavy (non-hydrogen) atoms. The van der Waals surface area contributed by atoms with Gasteiger partial charge in [0.1, 0.15) is 65.9 Å². The number of nitrogens with one attached hydrogen (secondary N) is 1. The van der Waals surface area contributed by atoms with E-state index in [4.69, 9.17) is 37.9 Å².